The predicted octanol–water partition coefficient (Wildman–Crippen LogP) is 3.12. The highest BCUT2D eigenvalue weighted by atomic mass is 35.5. The monoisotopic (exact) mass is 363 g/mol. The molecule has 0 N–H and O–H groups in total. The summed E-state index contributed by atoms with van der Waals surface area (Å²) in [4.78, 5) is 21.4. The van der Waals surface area contributed by atoms with Gasteiger partial charge in [-0.3, -0.25) is 9.69 Å². The van der Waals surface area contributed by atoms with Crippen LogP contribution in [0.4, 0.5) is 5.82 Å². The second kappa shape index (κ2) is 7.12. The number of halogens is 1. The first-order valence-corrected chi connectivity index (χ1v) is 9.82. The minimum Gasteiger partial charge on any atom is -0.462 e. The number of cyclic esters (lactones) is 1. The average Bonchev–Trinajstić information content (AvgIpc) is 3.21. The van der Waals surface area contributed by atoms with Crippen LogP contribution in [0.5, 0.6) is 0 Å². The van der Waals surface area contributed by atoms with Crippen molar-refractivity contribution in [2.45, 2.75) is 44.6 Å². The van der Waals surface area contributed by atoms with E-state index in [4.69, 9.17) is 16.3 Å². The number of ether oxygens (including phenoxy) is 1. The van der Waals surface area contributed by atoms with Gasteiger partial charge in [-0.2, -0.15) is 0 Å². The maximum atomic E-state index is 12.2. The van der Waals surface area contributed by atoms with Gasteiger partial charge in [0.1, 0.15) is 11.9 Å². The third-order valence-corrected chi connectivity index (χ3v) is 6.29. The third-order valence-electron chi connectivity index (χ3n) is 6.06. The number of carbonyl (C=O) groups is 1. The molecule has 1 unspecified atom stereocenters. The number of piperazine rings is 1. The second-order valence-corrected chi connectivity index (χ2v) is 8.10. The molecule has 25 heavy (non-hydrogen) atoms. The molecule has 0 amide bonds. The van der Waals surface area contributed by atoms with Crippen molar-refractivity contribution in [2.24, 2.45) is 5.41 Å². The van der Waals surface area contributed by atoms with Crippen LogP contribution in [0.15, 0.2) is 18.3 Å². The molecule has 3 fully saturated rings. The van der Waals surface area contributed by atoms with Crippen molar-refractivity contribution in [1.82, 2.24) is 9.88 Å². The SMILES string of the molecule is O=C1OC(CCN2CCN(c3cc(Cl)ccn3)CC2)CC12CCCC2. The maximum absolute atomic E-state index is 12.2. The molecule has 2 aliphatic heterocycles. The molecule has 0 aromatic carbocycles. The Balaban J connectivity index is 1.24. The molecule has 2 saturated heterocycles. The van der Waals surface area contributed by atoms with E-state index >= 15 is 0 Å². The number of esters is 1. The normalized spacial score (nSPS) is 26.4. The van der Waals surface area contributed by atoms with E-state index in [0.717, 1.165) is 69.2 Å². The van der Waals surface area contributed by atoms with Gasteiger partial charge in [-0.1, -0.05) is 24.4 Å². The van der Waals surface area contributed by atoms with E-state index in [2.05, 4.69) is 14.8 Å². The highest BCUT2D eigenvalue weighted by Gasteiger charge is 2.50. The van der Waals surface area contributed by atoms with Gasteiger partial charge in [0.25, 0.3) is 0 Å². The Hall–Kier alpha value is -1.33. The van der Waals surface area contributed by atoms with Crippen molar-refractivity contribution in [1.29, 1.82) is 0 Å². The molecule has 1 aromatic rings. The molecule has 0 bridgehead atoms. The number of hydrogen-bond acceptors (Lipinski definition) is 5. The van der Waals surface area contributed by atoms with Crippen LogP contribution >= 0.6 is 11.6 Å². The first-order chi connectivity index (χ1) is 12.1. The molecule has 6 heteroatoms. The molecule has 1 saturated carbocycles. The lowest BCUT2D eigenvalue weighted by Gasteiger charge is -2.35. The minimum absolute atomic E-state index is 0.0758. The molecule has 0 radical (unpaired) electrons. The van der Waals surface area contributed by atoms with Crippen molar-refractivity contribution >= 4 is 23.4 Å². The molecule has 1 aliphatic carbocycles. The Morgan fingerprint density at radius 1 is 1.24 bits per heavy atom. The van der Waals surface area contributed by atoms with Gasteiger partial charge in [0.2, 0.25) is 0 Å². The van der Waals surface area contributed by atoms with Gasteiger partial charge in [-0.25, -0.2) is 4.98 Å². The van der Waals surface area contributed by atoms with E-state index in [0.29, 0.717) is 0 Å². The number of anilines is 1. The topological polar surface area (TPSA) is 45.7 Å². The summed E-state index contributed by atoms with van der Waals surface area (Å²) in [7, 11) is 0. The van der Waals surface area contributed by atoms with Crippen molar-refractivity contribution in [3.8, 4) is 0 Å². The molecular weight excluding hydrogens is 338 g/mol. The number of rotatable bonds is 4. The molecule has 5 nitrogen and oxygen atoms in total. The number of hydrogen-bond donors (Lipinski definition) is 0. The predicted molar refractivity (Wildman–Crippen MR) is 97.9 cm³/mol. The van der Waals surface area contributed by atoms with Crippen molar-refractivity contribution in [3.05, 3.63) is 23.4 Å². The summed E-state index contributed by atoms with van der Waals surface area (Å²) in [6.45, 7) is 4.95. The fraction of sp³-hybridized carbons (Fsp3) is 0.684. The van der Waals surface area contributed by atoms with Gasteiger partial charge in [0.05, 0.1) is 5.41 Å². The van der Waals surface area contributed by atoms with E-state index < -0.39 is 0 Å². The van der Waals surface area contributed by atoms with Crippen LogP contribution in [-0.2, 0) is 9.53 Å². The second-order valence-electron chi connectivity index (χ2n) is 7.67. The Kier molecular flexibility index (Phi) is 4.87. The van der Waals surface area contributed by atoms with Crippen LogP contribution in [0.1, 0.15) is 38.5 Å². The molecule has 1 spiro atoms. The lowest BCUT2D eigenvalue weighted by molar-refractivity contribution is -0.148. The Morgan fingerprint density at radius 2 is 2.00 bits per heavy atom. The quantitative estimate of drug-likeness (QED) is 0.769. The largest absolute Gasteiger partial charge is 0.462 e. The molecule has 1 atom stereocenters. The van der Waals surface area contributed by atoms with Crippen LogP contribution in [0, 0.1) is 5.41 Å². The van der Waals surface area contributed by atoms with Crippen LogP contribution < -0.4 is 4.90 Å². The fourth-order valence-electron chi connectivity index (χ4n) is 4.55. The van der Waals surface area contributed by atoms with Gasteiger partial charge in [0.15, 0.2) is 0 Å². The lowest BCUT2D eigenvalue weighted by atomic mass is 9.83. The molecule has 3 heterocycles. The van der Waals surface area contributed by atoms with E-state index in [1.807, 2.05) is 6.07 Å². The molecule has 3 aliphatic rings. The van der Waals surface area contributed by atoms with Crippen LogP contribution in [0.25, 0.3) is 0 Å². The van der Waals surface area contributed by atoms with Crippen LogP contribution in [0.2, 0.25) is 5.02 Å². The summed E-state index contributed by atoms with van der Waals surface area (Å²) >= 11 is 6.06. The summed E-state index contributed by atoms with van der Waals surface area (Å²) in [5, 5.41) is 0.733. The first kappa shape index (κ1) is 17.1. The molecule has 4 rings (SSSR count). The molecule has 1 aromatic heterocycles. The van der Waals surface area contributed by atoms with Gasteiger partial charge >= 0.3 is 5.97 Å². The summed E-state index contributed by atoms with van der Waals surface area (Å²) in [6.07, 6.45) is 8.22. The Labute approximate surface area is 154 Å². The fourth-order valence-corrected chi connectivity index (χ4v) is 4.71. The summed E-state index contributed by atoms with van der Waals surface area (Å²) in [6, 6.07) is 3.73. The standard InChI is InChI=1S/C19H26ClN3O2/c20-15-3-7-21-17(13-15)23-11-9-22(10-12-23)8-4-16-14-19(18(24)25-16)5-1-2-6-19/h3,7,13,16H,1-2,4-6,8-12,14H2. The minimum atomic E-state index is -0.123. The van der Waals surface area contributed by atoms with Gasteiger partial charge in [0, 0.05) is 50.4 Å². The smallest absolute Gasteiger partial charge is 0.312 e. The van der Waals surface area contributed by atoms with Crippen molar-refractivity contribution < 1.29 is 9.53 Å². The first-order valence-electron chi connectivity index (χ1n) is 9.45. The van der Waals surface area contributed by atoms with Crippen molar-refractivity contribution in [2.75, 3.05) is 37.6 Å². The average molecular weight is 364 g/mol. The Bertz CT molecular complexity index is 625. The van der Waals surface area contributed by atoms with Gasteiger partial charge in [-0.05, 0) is 31.4 Å². The van der Waals surface area contributed by atoms with E-state index in [-0.39, 0.29) is 17.5 Å². The lowest BCUT2D eigenvalue weighted by Crippen LogP contribution is -2.47. The van der Waals surface area contributed by atoms with Crippen LogP contribution in [0.3, 0.4) is 0 Å². The van der Waals surface area contributed by atoms with Gasteiger partial charge < -0.3 is 9.64 Å². The highest BCUT2D eigenvalue weighted by Crippen LogP contribution is 2.48. The highest BCUT2D eigenvalue weighted by molar-refractivity contribution is 6.30. The zero-order chi connectivity index (χ0) is 17.3. The summed E-state index contributed by atoms with van der Waals surface area (Å²) in [5.74, 6) is 1.03. The number of aromatic nitrogens is 1. The summed E-state index contributed by atoms with van der Waals surface area (Å²) in [5.41, 5.74) is -0.123. The number of carbonyl (C=O) groups excluding carboxylic acids is 1. The van der Waals surface area contributed by atoms with E-state index in [1.54, 1.807) is 12.3 Å². The summed E-state index contributed by atoms with van der Waals surface area (Å²) < 4.78 is 5.69. The van der Waals surface area contributed by atoms with E-state index in [1.165, 1.54) is 12.8 Å². The zero-order valence-electron chi connectivity index (χ0n) is 14.6. The number of nitrogens with zero attached hydrogens (tertiary/aromatic N) is 3. The Morgan fingerprint density at radius 3 is 2.72 bits per heavy atom. The van der Waals surface area contributed by atoms with Crippen LogP contribution in [-0.4, -0.2) is 54.7 Å². The zero-order valence-corrected chi connectivity index (χ0v) is 15.4. The van der Waals surface area contributed by atoms with Gasteiger partial charge in [-0.15, -0.1) is 0 Å². The third kappa shape index (κ3) is 3.63. The van der Waals surface area contributed by atoms with E-state index in [9.17, 15) is 4.79 Å². The van der Waals surface area contributed by atoms with Crippen molar-refractivity contribution in [3.63, 3.8) is 0 Å². The molecular formula is C19H26ClN3O2. The number of pyridine rings is 1. The molecule has 136 valence electrons. The maximum Gasteiger partial charge on any atom is 0.312 e.